The second-order valence-electron chi connectivity index (χ2n) is 14.8. The van der Waals surface area contributed by atoms with Gasteiger partial charge in [0, 0.05) is 60.0 Å². The fourth-order valence-electron chi connectivity index (χ4n) is 6.20. The Balaban J connectivity index is 2.02. The van der Waals surface area contributed by atoms with Crippen LogP contribution in [0.25, 0.3) is 17.0 Å². The Morgan fingerprint density at radius 3 is 1.40 bits per heavy atom. The molecule has 0 aliphatic heterocycles. The van der Waals surface area contributed by atoms with E-state index in [2.05, 4.69) is 53.6 Å². The monoisotopic (exact) mass is 663 g/mol. The van der Waals surface area contributed by atoms with Gasteiger partial charge in [-0.05, 0) is 43.9 Å². The zero-order chi connectivity index (χ0) is 34.9. The number of amides is 2. The van der Waals surface area contributed by atoms with Gasteiger partial charge in [0.15, 0.2) is 11.5 Å². The molecular weight excluding hydrogens is 596 g/mol. The number of hydrogen-bond acceptors (Lipinski definition) is 4. The summed E-state index contributed by atoms with van der Waals surface area (Å²) in [6, 6.07) is 7.66. The van der Waals surface area contributed by atoms with Crippen LogP contribution in [0.3, 0.4) is 0 Å². The Morgan fingerprint density at radius 1 is 0.625 bits per heavy atom. The molecule has 1 aromatic carbocycles. The molecule has 3 rings (SSSR count). The Labute approximate surface area is 291 Å². The molecule has 268 valence electrons. The van der Waals surface area contributed by atoms with E-state index in [0.717, 1.165) is 115 Å². The minimum absolute atomic E-state index is 0.00358. The highest BCUT2D eigenvalue weighted by Gasteiger charge is 2.24. The van der Waals surface area contributed by atoms with Gasteiger partial charge in [0.2, 0.25) is 0 Å². The SMILES string of the molecule is CCCCCCN(CCCCCC)C(=O)c1cc(C(=O)N(CCCCCC)CCCCCC)cc(-c2nc3cc(C(C)(C)C)[nH]n3n2)c1. The van der Waals surface area contributed by atoms with Crippen LogP contribution in [-0.2, 0) is 5.41 Å². The lowest BCUT2D eigenvalue weighted by molar-refractivity contribution is 0.0747. The van der Waals surface area contributed by atoms with Crippen LogP contribution in [0, 0.1) is 0 Å². The van der Waals surface area contributed by atoms with Crippen LogP contribution in [0.4, 0.5) is 0 Å². The number of aromatic amines is 1. The number of nitrogens with zero attached hydrogens (tertiary/aromatic N) is 5. The third-order valence-electron chi connectivity index (χ3n) is 9.33. The first-order valence-corrected chi connectivity index (χ1v) is 19.3. The largest absolute Gasteiger partial charge is 0.339 e. The maximum Gasteiger partial charge on any atom is 0.253 e. The lowest BCUT2D eigenvalue weighted by Gasteiger charge is -2.25. The van der Waals surface area contributed by atoms with E-state index < -0.39 is 0 Å². The second kappa shape index (κ2) is 20.4. The van der Waals surface area contributed by atoms with Crippen LogP contribution >= 0.6 is 0 Å². The predicted molar refractivity (Wildman–Crippen MR) is 200 cm³/mol. The molecule has 1 N–H and O–H groups in total. The maximum absolute atomic E-state index is 14.3. The highest BCUT2D eigenvalue weighted by molar-refractivity contribution is 6.01. The lowest BCUT2D eigenvalue weighted by atomic mass is 9.93. The van der Waals surface area contributed by atoms with Crippen molar-refractivity contribution in [3.8, 4) is 11.4 Å². The molecule has 2 heterocycles. The van der Waals surface area contributed by atoms with Gasteiger partial charge < -0.3 is 9.80 Å². The van der Waals surface area contributed by atoms with Crippen LogP contribution in [-0.4, -0.2) is 67.6 Å². The maximum atomic E-state index is 14.3. The van der Waals surface area contributed by atoms with E-state index in [0.29, 0.717) is 22.5 Å². The van der Waals surface area contributed by atoms with Crippen molar-refractivity contribution in [1.29, 1.82) is 0 Å². The van der Waals surface area contributed by atoms with Gasteiger partial charge in [0.25, 0.3) is 11.8 Å². The average Bonchev–Trinajstić information content (AvgIpc) is 3.67. The predicted octanol–water partition coefficient (Wildman–Crippen LogP) is 10.2. The van der Waals surface area contributed by atoms with Gasteiger partial charge in [-0.1, -0.05) is 126 Å². The van der Waals surface area contributed by atoms with Crippen molar-refractivity contribution in [3.63, 3.8) is 0 Å². The summed E-state index contributed by atoms with van der Waals surface area (Å²) in [6.07, 6.45) is 17.8. The summed E-state index contributed by atoms with van der Waals surface area (Å²) < 4.78 is 1.70. The summed E-state index contributed by atoms with van der Waals surface area (Å²) >= 11 is 0. The molecule has 0 spiro atoms. The number of rotatable bonds is 23. The molecule has 0 fully saturated rings. The summed E-state index contributed by atoms with van der Waals surface area (Å²) in [6.45, 7) is 18.2. The number of carbonyl (C=O) groups is 2. The Kier molecular flexibility index (Phi) is 16.7. The topological polar surface area (TPSA) is 86.6 Å². The van der Waals surface area contributed by atoms with Crippen LogP contribution in [0.1, 0.15) is 178 Å². The van der Waals surface area contributed by atoms with Gasteiger partial charge >= 0.3 is 0 Å². The number of hydrogen-bond donors (Lipinski definition) is 1. The summed E-state index contributed by atoms with van der Waals surface area (Å²) in [4.78, 5) is 37.5. The number of aromatic nitrogens is 4. The van der Waals surface area contributed by atoms with E-state index in [1.807, 2.05) is 34.1 Å². The van der Waals surface area contributed by atoms with Crippen molar-refractivity contribution in [1.82, 2.24) is 29.6 Å². The van der Waals surface area contributed by atoms with E-state index in [1.165, 1.54) is 25.7 Å². The third-order valence-corrected chi connectivity index (χ3v) is 9.33. The van der Waals surface area contributed by atoms with Crippen molar-refractivity contribution in [2.45, 2.75) is 157 Å². The smallest absolute Gasteiger partial charge is 0.253 e. The summed E-state index contributed by atoms with van der Waals surface area (Å²) in [5.41, 5.74) is 3.51. The first kappa shape index (κ1) is 39.3. The zero-order valence-electron chi connectivity index (χ0n) is 31.5. The lowest BCUT2D eigenvalue weighted by Crippen LogP contribution is -2.35. The molecule has 0 radical (unpaired) electrons. The third kappa shape index (κ3) is 12.1. The van der Waals surface area contributed by atoms with Crippen molar-refractivity contribution < 1.29 is 9.59 Å². The molecule has 0 saturated heterocycles. The summed E-state index contributed by atoms with van der Waals surface area (Å²) in [5, 5.41) is 8.15. The van der Waals surface area contributed by atoms with E-state index in [1.54, 1.807) is 4.63 Å². The van der Waals surface area contributed by atoms with Crippen molar-refractivity contribution in [3.05, 3.63) is 41.1 Å². The average molecular weight is 663 g/mol. The molecule has 0 unspecified atom stereocenters. The normalized spacial score (nSPS) is 11.8. The van der Waals surface area contributed by atoms with E-state index in [-0.39, 0.29) is 17.2 Å². The Hall–Kier alpha value is -3.16. The fraction of sp³-hybridized carbons (Fsp3) is 0.700. The molecule has 3 aromatic rings. The standard InChI is InChI=1S/C40H66N6O2/c1-8-12-16-20-24-44(25-21-17-13-9-2)38(47)33-28-32(37-41-36-31-35(40(5,6)7)42-46(36)43-37)29-34(30-33)39(48)45(26-22-18-14-10-3)27-23-19-15-11-4/h28-31,42H,8-27H2,1-7H3. The number of H-pyrrole nitrogens is 1. The molecular formula is C40H66N6O2. The first-order valence-electron chi connectivity index (χ1n) is 19.3. The number of fused-ring (bicyclic) bond motifs is 1. The summed E-state index contributed by atoms with van der Waals surface area (Å²) in [7, 11) is 0. The van der Waals surface area contributed by atoms with E-state index >= 15 is 0 Å². The van der Waals surface area contributed by atoms with Gasteiger partial charge in [-0.15, -0.1) is 5.10 Å². The molecule has 8 nitrogen and oxygen atoms in total. The number of nitrogens with one attached hydrogen (secondary N) is 1. The fourth-order valence-corrected chi connectivity index (χ4v) is 6.20. The first-order chi connectivity index (χ1) is 23.1. The molecule has 0 bridgehead atoms. The molecule has 2 amide bonds. The minimum atomic E-state index is -0.0656. The highest BCUT2D eigenvalue weighted by Crippen LogP contribution is 2.26. The summed E-state index contributed by atoms with van der Waals surface area (Å²) in [5.74, 6) is 0.507. The zero-order valence-corrected chi connectivity index (χ0v) is 31.5. The van der Waals surface area contributed by atoms with Crippen molar-refractivity contribution >= 4 is 17.5 Å². The highest BCUT2D eigenvalue weighted by atomic mass is 16.2. The van der Waals surface area contributed by atoms with Crippen LogP contribution in [0.15, 0.2) is 24.3 Å². The van der Waals surface area contributed by atoms with Crippen molar-refractivity contribution in [2.75, 3.05) is 26.2 Å². The number of benzene rings is 1. The van der Waals surface area contributed by atoms with Crippen LogP contribution < -0.4 is 0 Å². The van der Waals surface area contributed by atoms with E-state index in [9.17, 15) is 9.59 Å². The molecule has 48 heavy (non-hydrogen) atoms. The van der Waals surface area contributed by atoms with Gasteiger partial charge in [0.1, 0.15) is 0 Å². The number of unbranched alkanes of at least 4 members (excludes halogenated alkanes) is 12. The number of carbonyl (C=O) groups excluding carboxylic acids is 2. The molecule has 2 aromatic heterocycles. The van der Waals surface area contributed by atoms with Crippen LogP contribution in [0.5, 0.6) is 0 Å². The molecule has 0 atom stereocenters. The second-order valence-corrected chi connectivity index (χ2v) is 14.8. The van der Waals surface area contributed by atoms with Gasteiger partial charge in [0.05, 0.1) is 0 Å². The van der Waals surface area contributed by atoms with E-state index in [4.69, 9.17) is 10.1 Å². The molecule has 8 heteroatoms. The van der Waals surface area contributed by atoms with Crippen molar-refractivity contribution in [2.24, 2.45) is 0 Å². The van der Waals surface area contributed by atoms with Gasteiger partial charge in [-0.25, -0.2) is 4.98 Å². The van der Waals surface area contributed by atoms with Crippen LogP contribution in [0.2, 0.25) is 0 Å². The Bertz CT molecular complexity index is 1270. The van der Waals surface area contributed by atoms with Gasteiger partial charge in [-0.2, -0.15) is 4.63 Å². The molecule has 0 aliphatic carbocycles. The minimum Gasteiger partial charge on any atom is -0.339 e. The van der Waals surface area contributed by atoms with Gasteiger partial charge in [-0.3, -0.25) is 14.7 Å². The molecule has 0 aliphatic rings. The quantitative estimate of drug-likeness (QED) is 0.102. The Morgan fingerprint density at radius 2 is 1.04 bits per heavy atom. The molecule has 0 saturated carbocycles.